The van der Waals surface area contributed by atoms with Crippen molar-refractivity contribution in [3.8, 4) is 11.5 Å². The van der Waals surface area contributed by atoms with Crippen LogP contribution in [0.4, 0.5) is 28.4 Å². The summed E-state index contributed by atoms with van der Waals surface area (Å²) in [6.07, 6.45) is 11.6. The summed E-state index contributed by atoms with van der Waals surface area (Å²) in [5, 5.41) is 5.74. The number of fused-ring (bicyclic) bond motifs is 8. The molecule has 1 saturated heterocycles. The predicted octanol–water partition coefficient (Wildman–Crippen LogP) is 14.2. The van der Waals surface area contributed by atoms with Crippen molar-refractivity contribution in [1.82, 2.24) is 0 Å². The molecule has 0 atom stereocenters. The van der Waals surface area contributed by atoms with Gasteiger partial charge in [-0.05, 0) is 123 Å². The highest BCUT2D eigenvalue weighted by Crippen LogP contribution is 2.52. The molecule has 1 fully saturated rings. The standard InChI is InChI=1S/C56H48N2OSi/c1-5-41(57-48-21-6-10-26-52(48)59-53-27-11-7-22-49(53)57)37-45-38(2)42-33-31-39(36-46(42)56(45,3)4)30-32-40-18-16-20-44-43(40)19-17-25-47(44)58-50-23-8-12-28-54(50)60(34-14-15-35-60)55-29-13-9-24-51(55)58/h5-13,16-33,36-37H,1,14-15,34-35H2,2-4H3/b32-30+,41-37+. The minimum atomic E-state index is -1.80. The summed E-state index contributed by atoms with van der Waals surface area (Å²) >= 11 is 0. The average Bonchev–Trinajstić information content (AvgIpc) is 3.85. The minimum absolute atomic E-state index is 0.224. The topological polar surface area (TPSA) is 15.7 Å². The molecule has 0 bridgehead atoms. The number of hydrogen-bond acceptors (Lipinski definition) is 3. The van der Waals surface area contributed by atoms with Gasteiger partial charge in [-0.15, -0.1) is 0 Å². The van der Waals surface area contributed by atoms with Crippen LogP contribution < -0.4 is 24.9 Å². The highest BCUT2D eigenvalue weighted by molar-refractivity contribution is 7.05. The largest absolute Gasteiger partial charge is 0.453 e. The lowest BCUT2D eigenvalue weighted by atomic mass is 9.80. The van der Waals surface area contributed by atoms with Gasteiger partial charge in [0.15, 0.2) is 11.5 Å². The van der Waals surface area contributed by atoms with Crippen LogP contribution in [0, 0.1) is 0 Å². The highest BCUT2D eigenvalue weighted by Gasteiger charge is 2.47. The Morgan fingerprint density at radius 1 is 0.633 bits per heavy atom. The summed E-state index contributed by atoms with van der Waals surface area (Å²) in [5.74, 6) is 1.67. The van der Waals surface area contributed by atoms with Gasteiger partial charge in [0.2, 0.25) is 0 Å². The van der Waals surface area contributed by atoms with Gasteiger partial charge in [-0.1, -0.05) is 155 Å². The van der Waals surface area contributed by atoms with Crippen molar-refractivity contribution in [3.05, 3.63) is 204 Å². The van der Waals surface area contributed by atoms with E-state index in [4.69, 9.17) is 4.74 Å². The first-order chi connectivity index (χ1) is 29.4. The van der Waals surface area contributed by atoms with Crippen molar-refractivity contribution in [2.45, 2.75) is 51.1 Å². The smallest absolute Gasteiger partial charge is 0.151 e. The third-order valence-corrected chi connectivity index (χ3v) is 19.1. The molecule has 0 saturated carbocycles. The van der Waals surface area contributed by atoms with Gasteiger partial charge >= 0.3 is 0 Å². The highest BCUT2D eigenvalue weighted by atomic mass is 28.3. The molecule has 3 nitrogen and oxygen atoms in total. The molecule has 0 radical (unpaired) electrons. The van der Waals surface area contributed by atoms with Crippen LogP contribution in [-0.4, -0.2) is 8.07 Å². The fourth-order valence-corrected chi connectivity index (χ4v) is 16.5. The molecular weight excluding hydrogens is 745 g/mol. The molecule has 60 heavy (non-hydrogen) atoms. The summed E-state index contributed by atoms with van der Waals surface area (Å²) in [7, 11) is -1.80. The van der Waals surface area contributed by atoms with E-state index in [0.717, 1.165) is 28.6 Å². The van der Waals surface area contributed by atoms with Crippen LogP contribution in [0.3, 0.4) is 0 Å². The molecule has 4 aliphatic rings. The molecule has 0 unspecified atom stereocenters. The molecule has 0 aromatic heterocycles. The molecule has 7 aromatic carbocycles. The Bertz CT molecular complexity index is 2900. The van der Waals surface area contributed by atoms with E-state index in [1.165, 1.54) is 86.2 Å². The van der Waals surface area contributed by atoms with E-state index in [9.17, 15) is 0 Å². The third kappa shape index (κ3) is 5.47. The molecule has 3 heterocycles. The maximum Gasteiger partial charge on any atom is 0.151 e. The van der Waals surface area contributed by atoms with Crippen LogP contribution in [0.2, 0.25) is 12.1 Å². The van der Waals surface area contributed by atoms with Gasteiger partial charge in [-0.2, -0.15) is 0 Å². The molecule has 0 amide bonds. The number of anilines is 5. The van der Waals surface area contributed by atoms with E-state index in [1.807, 2.05) is 30.3 Å². The second kappa shape index (κ2) is 14.0. The SMILES string of the molecule is C=C/C(=C\C1=C(C)c2ccc(/C=C/c3cccc4c(N5c6ccccc6[Si]6(CCCC6)c6ccccc65)cccc34)cc2C1(C)C)N1c2ccccc2Oc2ccccc21. The Hall–Kier alpha value is -6.62. The monoisotopic (exact) mass is 792 g/mol. The molecule has 292 valence electrons. The molecule has 0 N–H and O–H groups in total. The van der Waals surface area contributed by atoms with Crippen LogP contribution in [0.1, 0.15) is 55.9 Å². The summed E-state index contributed by atoms with van der Waals surface area (Å²) in [5.41, 5.74) is 14.4. The average molecular weight is 793 g/mol. The third-order valence-electron chi connectivity index (χ3n) is 13.8. The van der Waals surface area contributed by atoms with E-state index < -0.39 is 8.07 Å². The second-order valence-electron chi connectivity index (χ2n) is 17.3. The Morgan fingerprint density at radius 2 is 1.22 bits per heavy atom. The lowest BCUT2D eigenvalue weighted by Crippen LogP contribution is -2.60. The normalized spacial score (nSPS) is 17.0. The summed E-state index contributed by atoms with van der Waals surface area (Å²) in [6.45, 7) is 11.3. The van der Waals surface area contributed by atoms with Gasteiger partial charge in [0.05, 0.1) is 17.1 Å². The van der Waals surface area contributed by atoms with Crippen LogP contribution >= 0.6 is 0 Å². The zero-order valence-electron chi connectivity index (χ0n) is 34.6. The number of rotatable bonds is 6. The van der Waals surface area contributed by atoms with Gasteiger partial charge in [0.1, 0.15) is 8.07 Å². The maximum absolute atomic E-state index is 6.33. The summed E-state index contributed by atoms with van der Waals surface area (Å²) < 4.78 is 6.33. The molecule has 4 heteroatoms. The summed E-state index contributed by atoms with van der Waals surface area (Å²) in [6, 6.07) is 58.4. The van der Waals surface area contributed by atoms with E-state index in [0.29, 0.717) is 0 Å². The van der Waals surface area contributed by atoms with Crippen molar-refractivity contribution in [2.24, 2.45) is 0 Å². The zero-order valence-corrected chi connectivity index (χ0v) is 35.6. The van der Waals surface area contributed by atoms with Gasteiger partial charge in [-0.25, -0.2) is 0 Å². The van der Waals surface area contributed by atoms with Gasteiger partial charge < -0.3 is 14.5 Å². The molecule has 7 aromatic rings. The van der Waals surface area contributed by atoms with E-state index >= 15 is 0 Å². The number of para-hydroxylation sites is 6. The molecule has 1 aliphatic carbocycles. The van der Waals surface area contributed by atoms with E-state index in [2.05, 4.69) is 183 Å². The first kappa shape index (κ1) is 36.5. The zero-order chi connectivity index (χ0) is 40.6. The number of ether oxygens (including phenoxy) is 1. The van der Waals surface area contributed by atoms with Crippen LogP contribution in [0.5, 0.6) is 11.5 Å². The van der Waals surface area contributed by atoms with Crippen molar-refractivity contribution in [1.29, 1.82) is 0 Å². The van der Waals surface area contributed by atoms with Gasteiger partial charge in [0.25, 0.3) is 0 Å². The van der Waals surface area contributed by atoms with E-state index in [1.54, 1.807) is 10.4 Å². The molecule has 1 spiro atoms. The molecular formula is C56H48N2OSi. The van der Waals surface area contributed by atoms with Gasteiger partial charge in [0, 0.05) is 27.9 Å². The van der Waals surface area contributed by atoms with Crippen molar-refractivity contribution >= 4 is 75.4 Å². The van der Waals surface area contributed by atoms with E-state index in [-0.39, 0.29) is 5.41 Å². The Morgan fingerprint density at radius 3 is 1.88 bits per heavy atom. The second-order valence-corrected chi connectivity index (χ2v) is 21.6. The fraction of sp³-hybridized carbons (Fsp3) is 0.143. The maximum atomic E-state index is 6.33. The number of nitrogens with zero attached hydrogens (tertiary/aromatic N) is 2. The number of hydrogen-bond donors (Lipinski definition) is 0. The first-order valence-corrected chi connectivity index (χ1v) is 23.8. The molecule has 3 aliphatic heterocycles. The minimum Gasteiger partial charge on any atom is -0.453 e. The summed E-state index contributed by atoms with van der Waals surface area (Å²) in [4.78, 5) is 4.84. The lowest BCUT2D eigenvalue weighted by Gasteiger charge is -2.43. The fourth-order valence-electron chi connectivity index (χ4n) is 10.9. The van der Waals surface area contributed by atoms with Crippen LogP contribution in [0.25, 0.3) is 28.5 Å². The first-order valence-electron chi connectivity index (χ1n) is 21.4. The van der Waals surface area contributed by atoms with Crippen LogP contribution in [0.15, 0.2) is 182 Å². The number of benzene rings is 7. The Labute approximate surface area is 354 Å². The molecule has 11 rings (SSSR count). The van der Waals surface area contributed by atoms with Crippen molar-refractivity contribution in [2.75, 3.05) is 9.80 Å². The van der Waals surface area contributed by atoms with Gasteiger partial charge in [-0.3, -0.25) is 0 Å². The van der Waals surface area contributed by atoms with Crippen molar-refractivity contribution < 1.29 is 4.74 Å². The Kier molecular flexibility index (Phi) is 8.51. The quantitative estimate of drug-likeness (QED) is 0.0948. The Balaban J connectivity index is 0.942. The predicted molar refractivity (Wildman–Crippen MR) is 257 cm³/mol. The van der Waals surface area contributed by atoms with Crippen LogP contribution in [-0.2, 0) is 5.41 Å². The van der Waals surface area contributed by atoms with Crippen molar-refractivity contribution in [3.63, 3.8) is 0 Å². The lowest BCUT2D eigenvalue weighted by molar-refractivity contribution is 0.476. The number of allylic oxidation sites excluding steroid dienone is 4.